The predicted molar refractivity (Wildman–Crippen MR) is 126 cm³/mol. The summed E-state index contributed by atoms with van der Waals surface area (Å²) in [6, 6.07) is 7.52. The van der Waals surface area contributed by atoms with Crippen molar-refractivity contribution in [3.8, 4) is 5.82 Å². The Morgan fingerprint density at radius 3 is 2.72 bits per heavy atom. The molecule has 1 aliphatic heterocycles. The summed E-state index contributed by atoms with van der Waals surface area (Å²) in [4.78, 5) is 30.1. The van der Waals surface area contributed by atoms with E-state index in [9.17, 15) is 18.0 Å². The van der Waals surface area contributed by atoms with E-state index < -0.39 is 11.6 Å². The first-order valence-corrected chi connectivity index (χ1v) is 11.8. The maximum Gasteiger partial charge on any atom is 0.401 e. The second-order valence-corrected chi connectivity index (χ2v) is 9.12. The normalized spacial score (nSPS) is 16.7. The van der Waals surface area contributed by atoms with Gasteiger partial charge in [-0.25, -0.2) is 24.3 Å². The summed E-state index contributed by atoms with van der Waals surface area (Å²) < 4.78 is 44.0. The molecule has 12 heteroatoms. The molecule has 1 aromatic carbocycles. The largest absolute Gasteiger partial charge is 0.401 e. The number of hydrogen-bond acceptors (Lipinski definition) is 7. The fourth-order valence-corrected chi connectivity index (χ4v) is 4.75. The number of alkyl halides is 3. The number of halogens is 3. The highest BCUT2D eigenvalue weighted by molar-refractivity contribution is 5.77. The highest BCUT2D eigenvalue weighted by Crippen LogP contribution is 2.57. The molecule has 0 atom stereocenters. The van der Waals surface area contributed by atoms with E-state index >= 15 is 0 Å². The molecule has 1 saturated carbocycles. The third kappa shape index (κ3) is 3.55. The lowest BCUT2D eigenvalue weighted by atomic mass is 10.0. The first-order valence-electron chi connectivity index (χ1n) is 11.8. The number of anilines is 2. The van der Waals surface area contributed by atoms with Crippen LogP contribution in [0, 0.1) is 0 Å². The zero-order chi connectivity index (χ0) is 25.1. The summed E-state index contributed by atoms with van der Waals surface area (Å²) in [7, 11) is 0. The van der Waals surface area contributed by atoms with E-state index in [1.54, 1.807) is 6.92 Å². The summed E-state index contributed by atoms with van der Waals surface area (Å²) >= 11 is 0. The van der Waals surface area contributed by atoms with Crippen LogP contribution in [0.4, 0.5) is 24.8 Å². The van der Waals surface area contributed by atoms with Crippen LogP contribution in [-0.4, -0.2) is 42.0 Å². The van der Waals surface area contributed by atoms with Crippen molar-refractivity contribution in [2.75, 3.05) is 11.9 Å². The van der Waals surface area contributed by atoms with Crippen molar-refractivity contribution in [2.45, 2.75) is 50.9 Å². The highest BCUT2D eigenvalue weighted by atomic mass is 19.4. The molecule has 0 bridgehead atoms. The molecule has 0 radical (unpaired) electrons. The molecule has 186 valence electrons. The molecular formula is C24H23F3N8O. The lowest BCUT2D eigenvalue weighted by Crippen LogP contribution is -2.31. The van der Waals surface area contributed by atoms with Crippen LogP contribution < -0.4 is 16.2 Å². The maximum atomic E-state index is 13.7. The Morgan fingerprint density at radius 1 is 1.14 bits per heavy atom. The van der Waals surface area contributed by atoms with Crippen molar-refractivity contribution >= 4 is 22.7 Å². The summed E-state index contributed by atoms with van der Waals surface area (Å²) in [5.74, 6) is 0.116. The highest BCUT2D eigenvalue weighted by Gasteiger charge is 2.66. The van der Waals surface area contributed by atoms with Gasteiger partial charge in [0.2, 0.25) is 5.95 Å². The molecule has 0 saturated heterocycles. The lowest BCUT2D eigenvalue weighted by Gasteiger charge is -2.19. The molecule has 1 fully saturated rings. The average Bonchev–Trinajstić information content (AvgIpc) is 3.65. The van der Waals surface area contributed by atoms with Gasteiger partial charge >= 0.3 is 6.18 Å². The Hall–Kier alpha value is -3.80. The molecule has 4 heterocycles. The molecule has 2 N–H and O–H groups in total. The Morgan fingerprint density at radius 2 is 1.97 bits per heavy atom. The van der Waals surface area contributed by atoms with E-state index in [4.69, 9.17) is 0 Å². The number of aromatic nitrogens is 6. The smallest absolute Gasteiger partial charge is 0.324 e. The Labute approximate surface area is 203 Å². The van der Waals surface area contributed by atoms with Crippen molar-refractivity contribution < 1.29 is 13.2 Å². The second kappa shape index (κ2) is 8.12. The third-order valence-corrected chi connectivity index (χ3v) is 6.90. The summed E-state index contributed by atoms with van der Waals surface area (Å²) in [6.45, 7) is 3.75. The molecule has 3 aromatic heterocycles. The van der Waals surface area contributed by atoms with Gasteiger partial charge in [-0.1, -0.05) is 6.07 Å². The van der Waals surface area contributed by atoms with E-state index in [0.717, 1.165) is 25.2 Å². The molecule has 4 aromatic rings. The predicted octanol–water partition coefficient (Wildman–Crippen LogP) is 3.38. The number of fused-ring (bicyclic) bond motifs is 2. The summed E-state index contributed by atoms with van der Waals surface area (Å²) in [5.41, 5.74) is 1.14. The Kier molecular flexibility index (Phi) is 5.11. The number of benzene rings is 1. The molecule has 36 heavy (non-hydrogen) atoms. The second-order valence-electron chi connectivity index (χ2n) is 9.12. The minimum absolute atomic E-state index is 0.0561. The SMILES string of the molecule is CCn1c(=O)c2cnc(Nc3ccc4c(c3)CNCC4)nc2n1-c1ccnc(C2(C(F)(F)F)CC2)n1. The van der Waals surface area contributed by atoms with E-state index in [1.807, 2.05) is 12.1 Å². The minimum atomic E-state index is -4.45. The van der Waals surface area contributed by atoms with Gasteiger partial charge in [-0.05, 0) is 56.0 Å². The van der Waals surface area contributed by atoms with Crippen LogP contribution in [0.3, 0.4) is 0 Å². The van der Waals surface area contributed by atoms with Crippen LogP contribution in [-0.2, 0) is 24.9 Å². The molecule has 1 aliphatic carbocycles. The van der Waals surface area contributed by atoms with E-state index in [2.05, 4.69) is 36.6 Å². The van der Waals surface area contributed by atoms with Crippen LogP contribution in [0.15, 0.2) is 41.5 Å². The number of hydrogen-bond donors (Lipinski definition) is 2. The quantitative estimate of drug-likeness (QED) is 0.437. The van der Waals surface area contributed by atoms with Crippen molar-refractivity contribution in [1.82, 2.24) is 34.6 Å². The monoisotopic (exact) mass is 496 g/mol. The van der Waals surface area contributed by atoms with Gasteiger partial charge in [0.25, 0.3) is 5.56 Å². The van der Waals surface area contributed by atoms with Gasteiger partial charge < -0.3 is 10.6 Å². The first kappa shape index (κ1) is 22.7. The molecule has 9 nitrogen and oxygen atoms in total. The van der Waals surface area contributed by atoms with Gasteiger partial charge in [-0.15, -0.1) is 0 Å². The third-order valence-electron chi connectivity index (χ3n) is 6.90. The molecular weight excluding hydrogens is 473 g/mol. The minimum Gasteiger partial charge on any atom is -0.324 e. The van der Waals surface area contributed by atoms with E-state index in [-0.39, 0.29) is 53.6 Å². The first-order chi connectivity index (χ1) is 17.3. The van der Waals surface area contributed by atoms with Gasteiger partial charge in [0.1, 0.15) is 16.6 Å². The van der Waals surface area contributed by atoms with Gasteiger partial charge in [0, 0.05) is 37.2 Å². The van der Waals surface area contributed by atoms with Gasteiger partial charge in [-0.3, -0.25) is 4.79 Å². The van der Waals surface area contributed by atoms with Gasteiger partial charge in [0.05, 0.1) is 0 Å². The van der Waals surface area contributed by atoms with Crippen molar-refractivity contribution in [3.05, 3.63) is 64.0 Å². The summed E-state index contributed by atoms with van der Waals surface area (Å²) in [5, 5.41) is 6.77. The standard InChI is InChI=1S/C24H23F3N8O/c1-2-34-20(36)17-13-30-22(31-16-4-3-14-5-9-28-12-15(14)11-16)33-19(17)35(34)18-6-10-29-21(32-18)23(7-8-23)24(25,26)27/h3-4,6,10-11,13,28H,2,5,7-9,12H2,1H3,(H,30,31,33). The molecule has 0 unspecified atom stereocenters. The Bertz CT molecular complexity index is 1540. The van der Waals surface area contributed by atoms with Gasteiger partial charge in [0.15, 0.2) is 11.5 Å². The summed E-state index contributed by atoms with van der Waals surface area (Å²) in [6.07, 6.45) is -0.875. The van der Waals surface area contributed by atoms with Crippen LogP contribution >= 0.6 is 0 Å². The van der Waals surface area contributed by atoms with Gasteiger partial charge in [-0.2, -0.15) is 18.2 Å². The van der Waals surface area contributed by atoms with Crippen molar-refractivity contribution in [1.29, 1.82) is 0 Å². The molecule has 0 spiro atoms. The fourth-order valence-electron chi connectivity index (χ4n) is 4.75. The van der Waals surface area contributed by atoms with Crippen LogP contribution in [0.25, 0.3) is 16.9 Å². The fraction of sp³-hybridized carbons (Fsp3) is 0.375. The Balaban J connectivity index is 1.43. The van der Waals surface area contributed by atoms with E-state index in [1.165, 1.54) is 39.0 Å². The zero-order valence-corrected chi connectivity index (χ0v) is 19.4. The topological polar surface area (TPSA) is 103 Å². The van der Waals surface area contributed by atoms with Crippen LogP contribution in [0.5, 0.6) is 0 Å². The maximum absolute atomic E-state index is 13.7. The average molecular weight is 496 g/mol. The van der Waals surface area contributed by atoms with Crippen molar-refractivity contribution in [3.63, 3.8) is 0 Å². The molecule has 6 rings (SSSR count). The number of nitrogens with one attached hydrogen (secondary N) is 2. The zero-order valence-electron chi connectivity index (χ0n) is 19.4. The number of nitrogens with zero attached hydrogens (tertiary/aromatic N) is 6. The van der Waals surface area contributed by atoms with Crippen LogP contribution in [0.1, 0.15) is 36.7 Å². The molecule has 0 amide bonds. The van der Waals surface area contributed by atoms with Crippen molar-refractivity contribution in [2.24, 2.45) is 0 Å². The number of rotatable bonds is 5. The molecule has 2 aliphatic rings. The van der Waals surface area contributed by atoms with Crippen LogP contribution in [0.2, 0.25) is 0 Å². The lowest BCUT2D eigenvalue weighted by molar-refractivity contribution is -0.162. The van der Waals surface area contributed by atoms with E-state index in [0.29, 0.717) is 0 Å².